The fourth-order valence-corrected chi connectivity index (χ4v) is 2.80. The summed E-state index contributed by atoms with van der Waals surface area (Å²) in [7, 11) is 1.85. The van der Waals surface area contributed by atoms with Crippen molar-refractivity contribution in [3.05, 3.63) is 41.2 Å². The van der Waals surface area contributed by atoms with Gasteiger partial charge in [-0.25, -0.2) is 0 Å². The van der Waals surface area contributed by atoms with Gasteiger partial charge in [-0.2, -0.15) is 0 Å². The maximum Gasteiger partial charge on any atom is 0.297 e. The maximum atomic E-state index is 12.8. The number of fused-ring (bicyclic) bond motifs is 1. The monoisotopic (exact) mass is 378 g/mol. The highest BCUT2D eigenvalue weighted by Crippen LogP contribution is 2.36. The van der Waals surface area contributed by atoms with E-state index in [9.17, 15) is 9.59 Å². The molecule has 1 aliphatic heterocycles. The van der Waals surface area contributed by atoms with Crippen LogP contribution in [-0.4, -0.2) is 49.8 Å². The van der Waals surface area contributed by atoms with Crippen molar-refractivity contribution in [2.24, 2.45) is 0 Å². The molecule has 26 heavy (non-hydrogen) atoms. The molecule has 0 aliphatic carbocycles. The molecule has 0 saturated heterocycles. The molecule has 2 amide bonds. The normalized spacial score (nSPS) is 15.9. The fraction of sp³-hybridized carbons (Fsp3) is 0.353. The molecular weight excluding hydrogens is 360 g/mol. The minimum absolute atomic E-state index is 0.0464. The Labute approximate surface area is 155 Å². The molecule has 1 aromatic carbocycles. The van der Waals surface area contributed by atoms with Crippen molar-refractivity contribution in [2.45, 2.75) is 12.5 Å². The molecule has 1 aromatic heterocycles. The van der Waals surface area contributed by atoms with E-state index in [1.807, 2.05) is 7.05 Å². The average molecular weight is 379 g/mol. The third-order valence-corrected chi connectivity index (χ3v) is 4.15. The Kier molecular flexibility index (Phi) is 5.75. The van der Waals surface area contributed by atoms with E-state index in [4.69, 9.17) is 20.9 Å². The van der Waals surface area contributed by atoms with E-state index in [0.717, 1.165) is 13.0 Å². The Bertz CT molecular complexity index is 781. The van der Waals surface area contributed by atoms with Crippen LogP contribution >= 0.6 is 11.6 Å². The number of aromatic nitrogens is 1. The molecule has 0 radical (unpaired) electrons. The Morgan fingerprint density at radius 1 is 1.35 bits per heavy atom. The van der Waals surface area contributed by atoms with Crippen LogP contribution in [0.25, 0.3) is 0 Å². The number of hydrogen-bond acceptors (Lipinski definition) is 6. The smallest absolute Gasteiger partial charge is 0.297 e. The summed E-state index contributed by atoms with van der Waals surface area (Å²) < 4.78 is 10.7. The topological polar surface area (TPSA) is 96.7 Å². The number of nitrogens with zero attached hydrogens (tertiary/aromatic N) is 2. The van der Waals surface area contributed by atoms with Crippen LogP contribution in [0.1, 0.15) is 17.0 Å². The van der Waals surface area contributed by atoms with Crippen molar-refractivity contribution >= 4 is 29.1 Å². The van der Waals surface area contributed by atoms with Crippen molar-refractivity contribution in [1.82, 2.24) is 15.8 Å². The molecule has 1 unspecified atom stereocenters. The van der Waals surface area contributed by atoms with Crippen LogP contribution in [0.4, 0.5) is 5.69 Å². The summed E-state index contributed by atoms with van der Waals surface area (Å²) in [6.07, 6.45) is 1.35. The summed E-state index contributed by atoms with van der Waals surface area (Å²) in [4.78, 5) is 26.6. The zero-order valence-electron chi connectivity index (χ0n) is 14.2. The predicted molar refractivity (Wildman–Crippen MR) is 95.6 cm³/mol. The number of anilines is 1. The first-order valence-corrected chi connectivity index (χ1v) is 8.59. The molecule has 0 saturated carbocycles. The molecule has 2 N–H and O–H groups in total. The standard InChI is InChI=1S/C17H19ClN4O4/c1-19-6-2-7-20-16(23)15-10-22(17(24)14-5-8-21-26-14)12-9-11(18)3-4-13(12)25-15/h3-5,8-9,15,19H,2,6-7,10H2,1H3,(H,20,23). The van der Waals surface area contributed by atoms with Crippen LogP contribution in [0, 0.1) is 0 Å². The Morgan fingerprint density at radius 2 is 2.19 bits per heavy atom. The van der Waals surface area contributed by atoms with Gasteiger partial charge >= 0.3 is 0 Å². The summed E-state index contributed by atoms with van der Waals surface area (Å²) in [5.41, 5.74) is 0.484. The van der Waals surface area contributed by atoms with Gasteiger partial charge in [0.05, 0.1) is 18.4 Å². The highest BCUT2D eigenvalue weighted by molar-refractivity contribution is 6.31. The minimum Gasteiger partial charge on any atom is -0.477 e. The molecule has 8 nitrogen and oxygen atoms in total. The third kappa shape index (κ3) is 3.97. The van der Waals surface area contributed by atoms with Gasteiger partial charge in [0.2, 0.25) is 5.76 Å². The van der Waals surface area contributed by atoms with E-state index in [0.29, 0.717) is 23.0 Å². The number of rotatable bonds is 6. The van der Waals surface area contributed by atoms with Crippen LogP contribution in [0.15, 0.2) is 35.0 Å². The highest BCUT2D eigenvalue weighted by Gasteiger charge is 2.35. The van der Waals surface area contributed by atoms with Crippen molar-refractivity contribution in [1.29, 1.82) is 0 Å². The van der Waals surface area contributed by atoms with E-state index in [1.54, 1.807) is 18.2 Å². The molecule has 0 bridgehead atoms. The molecule has 1 aliphatic rings. The second-order valence-electron chi connectivity index (χ2n) is 5.76. The number of benzene rings is 1. The van der Waals surface area contributed by atoms with E-state index in [2.05, 4.69) is 15.8 Å². The second kappa shape index (κ2) is 8.20. The van der Waals surface area contributed by atoms with Crippen LogP contribution in [0.5, 0.6) is 5.75 Å². The first kappa shape index (κ1) is 18.2. The molecule has 0 spiro atoms. The van der Waals surface area contributed by atoms with E-state index in [1.165, 1.54) is 17.2 Å². The number of carbonyl (C=O) groups excluding carboxylic acids is 2. The van der Waals surface area contributed by atoms with E-state index in [-0.39, 0.29) is 18.2 Å². The molecule has 0 fully saturated rings. The average Bonchev–Trinajstić information content (AvgIpc) is 3.18. The predicted octanol–water partition coefficient (Wildman–Crippen LogP) is 1.46. The van der Waals surface area contributed by atoms with Gasteiger partial charge in [0.1, 0.15) is 5.75 Å². The first-order chi connectivity index (χ1) is 12.6. The Morgan fingerprint density at radius 3 is 2.92 bits per heavy atom. The van der Waals surface area contributed by atoms with Gasteiger partial charge in [-0.15, -0.1) is 0 Å². The minimum atomic E-state index is -0.829. The van der Waals surface area contributed by atoms with Crippen molar-refractivity contribution in [3.8, 4) is 5.75 Å². The SMILES string of the molecule is CNCCCNC(=O)C1CN(C(=O)c2ccno2)c2cc(Cl)ccc2O1. The first-order valence-electron chi connectivity index (χ1n) is 8.21. The number of carbonyl (C=O) groups is 2. The third-order valence-electron chi connectivity index (χ3n) is 3.92. The molecule has 3 rings (SSSR count). The summed E-state index contributed by atoms with van der Waals surface area (Å²) in [5.74, 6) is -0.214. The van der Waals surface area contributed by atoms with Gasteiger partial charge in [-0.1, -0.05) is 16.8 Å². The van der Waals surface area contributed by atoms with Gasteiger partial charge in [0, 0.05) is 17.6 Å². The molecule has 138 valence electrons. The number of hydrogen-bond donors (Lipinski definition) is 2. The molecule has 1 atom stereocenters. The summed E-state index contributed by atoms with van der Waals surface area (Å²) in [6.45, 7) is 1.36. The van der Waals surface area contributed by atoms with Crippen molar-refractivity contribution in [3.63, 3.8) is 0 Å². The van der Waals surface area contributed by atoms with Gasteiger partial charge in [0.25, 0.3) is 11.8 Å². The van der Waals surface area contributed by atoms with Gasteiger partial charge in [-0.05, 0) is 38.2 Å². The molecule has 2 heterocycles. The van der Waals surface area contributed by atoms with E-state index >= 15 is 0 Å². The van der Waals surface area contributed by atoms with Crippen molar-refractivity contribution < 1.29 is 18.8 Å². The molecular formula is C17H19ClN4O4. The fourth-order valence-electron chi connectivity index (χ4n) is 2.63. The second-order valence-corrected chi connectivity index (χ2v) is 6.20. The number of ether oxygens (including phenoxy) is 1. The van der Waals surface area contributed by atoms with E-state index < -0.39 is 12.0 Å². The highest BCUT2D eigenvalue weighted by atomic mass is 35.5. The lowest BCUT2D eigenvalue weighted by atomic mass is 10.1. The molecule has 9 heteroatoms. The van der Waals surface area contributed by atoms with Gasteiger partial charge < -0.3 is 19.9 Å². The van der Waals surface area contributed by atoms with Crippen LogP contribution in [0.2, 0.25) is 5.02 Å². The van der Waals surface area contributed by atoms with Crippen molar-refractivity contribution in [2.75, 3.05) is 31.6 Å². The van der Waals surface area contributed by atoms with Crippen LogP contribution in [-0.2, 0) is 4.79 Å². The number of halogens is 1. The lowest BCUT2D eigenvalue weighted by Gasteiger charge is -2.33. The largest absolute Gasteiger partial charge is 0.477 e. The zero-order valence-corrected chi connectivity index (χ0v) is 15.0. The van der Waals surface area contributed by atoms with Gasteiger partial charge in [-0.3, -0.25) is 14.5 Å². The lowest BCUT2D eigenvalue weighted by Crippen LogP contribution is -2.51. The summed E-state index contributed by atoms with van der Waals surface area (Å²) >= 11 is 6.05. The lowest BCUT2D eigenvalue weighted by molar-refractivity contribution is -0.127. The van der Waals surface area contributed by atoms with Crippen LogP contribution in [0.3, 0.4) is 0 Å². The molecule has 2 aromatic rings. The Hall–Kier alpha value is -2.58. The quantitative estimate of drug-likeness (QED) is 0.739. The maximum absolute atomic E-state index is 12.8. The number of nitrogens with one attached hydrogen (secondary N) is 2. The summed E-state index contributed by atoms with van der Waals surface area (Å²) in [6, 6.07) is 6.37. The zero-order chi connectivity index (χ0) is 18.5. The Balaban J connectivity index is 1.80. The summed E-state index contributed by atoms with van der Waals surface area (Å²) in [5, 5.41) is 9.85. The number of amides is 2. The van der Waals surface area contributed by atoms with Crippen LogP contribution < -0.4 is 20.3 Å². The van der Waals surface area contributed by atoms with Gasteiger partial charge in [0.15, 0.2) is 6.10 Å².